The topological polar surface area (TPSA) is 60.6 Å². The Morgan fingerprint density at radius 2 is 1.81 bits per heavy atom. The van der Waals surface area contributed by atoms with Crippen molar-refractivity contribution in [2.45, 2.75) is 6.61 Å². The van der Waals surface area contributed by atoms with Crippen LogP contribution in [0.4, 0.5) is 11.5 Å². The number of nitrogens with two attached hydrogens (primary N) is 1. The van der Waals surface area contributed by atoms with Crippen LogP contribution < -0.4 is 20.1 Å². The molecule has 0 bridgehead atoms. The van der Waals surface area contributed by atoms with E-state index in [1.54, 1.807) is 36.4 Å². The summed E-state index contributed by atoms with van der Waals surface area (Å²) in [6.07, 6.45) is 1.66. The van der Waals surface area contributed by atoms with Crippen molar-refractivity contribution in [1.82, 2.24) is 4.98 Å². The number of methoxy groups -OCH3 is 1. The molecule has 5 nitrogen and oxygen atoms in total. The highest BCUT2D eigenvalue weighted by Gasteiger charge is 2.18. The molecule has 3 rings (SSSR count). The number of aromatic nitrogens is 1. The number of benzene rings is 2. The predicted molar refractivity (Wildman–Crippen MR) is 112 cm³/mol. The van der Waals surface area contributed by atoms with Crippen LogP contribution in [0.15, 0.2) is 66.9 Å². The number of halogens is 1. The van der Waals surface area contributed by atoms with E-state index in [0.717, 1.165) is 17.0 Å². The first-order valence-corrected chi connectivity index (χ1v) is 8.93. The molecular formula is C20H18ClN3O2S. The first-order chi connectivity index (χ1) is 13.1. The molecule has 138 valence electrons. The lowest BCUT2D eigenvalue weighted by molar-refractivity contribution is 0.306. The van der Waals surface area contributed by atoms with Gasteiger partial charge in [-0.3, -0.25) is 4.90 Å². The lowest BCUT2D eigenvalue weighted by atomic mass is 10.2. The molecule has 27 heavy (non-hydrogen) atoms. The number of hydrogen-bond acceptors (Lipinski definition) is 4. The molecule has 0 spiro atoms. The van der Waals surface area contributed by atoms with E-state index in [4.69, 9.17) is 39.0 Å². The minimum atomic E-state index is 0.158. The van der Waals surface area contributed by atoms with E-state index >= 15 is 0 Å². The van der Waals surface area contributed by atoms with Crippen LogP contribution in [0.1, 0.15) is 5.56 Å². The Hall–Kier alpha value is -2.83. The summed E-state index contributed by atoms with van der Waals surface area (Å²) in [6.45, 7) is 0.370. The maximum atomic E-state index is 5.99. The molecule has 0 atom stereocenters. The summed E-state index contributed by atoms with van der Waals surface area (Å²) >= 11 is 11.2. The van der Waals surface area contributed by atoms with Gasteiger partial charge < -0.3 is 15.2 Å². The van der Waals surface area contributed by atoms with Crippen LogP contribution >= 0.6 is 23.8 Å². The second-order valence-corrected chi connectivity index (χ2v) is 6.47. The van der Waals surface area contributed by atoms with Crippen LogP contribution in [0.3, 0.4) is 0 Å². The van der Waals surface area contributed by atoms with Crippen LogP contribution in [0.2, 0.25) is 5.02 Å². The summed E-state index contributed by atoms with van der Waals surface area (Å²) in [5.41, 5.74) is 7.71. The Labute approximate surface area is 168 Å². The normalized spacial score (nSPS) is 10.3. The van der Waals surface area contributed by atoms with Gasteiger partial charge in [-0.15, -0.1) is 0 Å². The molecule has 1 heterocycles. The van der Waals surface area contributed by atoms with Gasteiger partial charge in [-0.05, 0) is 66.3 Å². The van der Waals surface area contributed by atoms with Crippen LogP contribution in [-0.4, -0.2) is 17.2 Å². The number of anilines is 2. The first-order valence-electron chi connectivity index (χ1n) is 8.14. The highest BCUT2D eigenvalue weighted by Crippen LogP contribution is 2.32. The van der Waals surface area contributed by atoms with Crippen LogP contribution in [0.25, 0.3) is 0 Å². The molecule has 3 aromatic rings. The molecule has 0 saturated carbocycles. The monoisotopic (exact) mass is 399 g/mol. The third kappa shape index (κ3) is 4.67. The van der Waals surface area contributed by atoms with Crippen molar-refractivity contribution in [2.75, 3.05) is 12.0 Å². The van der Waals surface area contributed by atoms with Crippen LogP contribution in [-0.2, 0) is 6.61 Å². The van der Waals surface area contributed by atoms with Gasteiger partial charge in [-0.1, -0.05) is 23.7 Å². The summed E-state index contributed by atoms with van der Waals surface area (Å²) in [7, 11) is 1.63. The summed E-state index contributed by atoms with van der Waals surface area (Å²) in [5, 5.41) is 0.781. The average Bonchev–Trinajstić information content (AvgIpc) is 2.69. The minimum Gasteiger partial charge on any atom is -0.497 e. The van der Waals surface area contributed by atoms with Crippen molar-refractivity contribution < 1.29 is 9.47 Å². The van der Waals surface area contributed by atoms with Crippen molar-refractivity contribution >= 4 is 40.4 Å². The van der Waals surface area contributed by atoms with Crippen molar-refractivity contribution in [2.24, 2.45) is 5.73 Å². The minimum absolute atomic E-state index is 0.158. The summed E-state index contributed by atoms with van der Waals surface area (Å²) in [4.78, 5) is 6.07. The Morgan fingerprint density at radius 3 is 2.44 bits per heavy atom. The van der Waals surface area contributed by atoms with E-state index in [9.17, 15) is 0 Å². The smallest absolute Gasteiger partial charge is 0.182 e. The zero-order chi connectivity index (χ0) is 19.2. The lowest BCUT2D eigenvalue weighted by Crippen LogP contribution is -2.32. The molecule has 0 aliphatic heterocycles. The number of nitrogens with zero attached hydrogens (tertiary/aromatic N) is 2. The van der Waals surface area contributed by atoms with Crippen molar-refractivity contribution in [1.29, 1.82) is 0 Å². The molecule has 0 amide bonds. The van der Waals surface area contributed by atoms with Crippen LogP contribution in [0, 0.1) is 0 Å². The van der Waals surface area contributed by atoms with Crippen molar-refractivity contribution in [3.05, 3.63) is 77.4 Å². The number of pyridine rings is 1. The molecule has 0 aliphatic rings. The van der Waals surface area contributed by atoms with E-state index in [0.29, 0.717) is 23.2 Å². The molecule has 0 aliphatic carbocycles. The zero-order valence-corrected chi connectivity index (χ0v) is 16.2. The van der Waals surface area contributed by atoms with Crippen molar-refractivity contribution in [3.63, 3.8) is 0 Å². The van der Waals surface area contributed by atoms with Gasteiger partial charge >= 0.3 is 0 Å². The molecule has 1 aromatic heterocycles. The van der Waals surface area contributed by atoms with Gasteiger partial charge in [0.2, 0.25) is 0 Å². The van der Waals surface area contributed by atoms with Gasteiger partial charge in [-0.2, -0.15) is 0 Å². The zero-order valence-electron chi connectivity index (χ0n) is 14.6. The van der Waals surface area contributed by atoms with E-state index in [-0.39, 0.29) is 5.11 Å². The van der Waals surface area contributed by atoms with Crippen LogP contribution in [0.5, 0.6) is 11.5 Å². The van der Waals surface area contributed by atoms with E-state index < -0.39 is 0 Å². The third-order valence-corrected chi connectivity index (χ3v) is 4.26. The average molecular weight is 400 g/mol. The Kier molecular flexibility index (Phi) is 6.11. The number of thiocarbonyl (C=S) groups is 1. The fourth-order valence-electron chi connectivity index (χ4n) is 2.49. The van der Waals surface area contributed by atoms with Gasteiger partial charge in [0.1, 0.15) is 12.4 Å². The van der Waals surface area contributed by atoms with E-state index in [1.807, 2.05) is 42.5 Å². The fourth-order valence-corrected chi connectivity index (χ4v) is 2.81. The third-order valence-electron chi connectivity index (χ3n) is 3.82. The van der Waals surface area contributed by atoms with Gasteiger partial charge in [-0.25, -0.2) is 4.98 Å². The largest absolute Gasteiger partial charge is 0.497 e. The number of rotatable bonds is 6. The Bertz CT molecular complexity index is 917. The molecule has 2 N–H and O–H groups in total. The molecule has 2 aromatic carbocycles. The van der Waals surface area contributed by atoms with Gasteiger partial charge in [0.05, 0.1) is 12.8 Å². The molecule has 0 saturated heterocycles. The molecule has 0 unspecified atom stereocenters. The lowest BCUT2D eigenvalue weighted by Gasteiger charge is -2.24. The standard InChI is InChI=1S/C20H18ClN3O2S/c1-25-17-10-4-14(5-11-17)13-26-18-3-2-12-23-19(18)24(20(22)27)16-8-6-15(21)7-9-16/h2-12H,13H2,1H3,(H2,22,27). The predicted octanol–water partition coefficient (Wildman–Crippen LogP) is 4.70. The Morgan fingerprint density at radius 1 is 1.11 bits per heavy atom. The second kappa shape index (κ2) is 8.70. The molecular weight excluding hydrogens is 382 g/mol. The van der Waals surface area contributed by atoms with Gasteiger partial charge in [0, 0.05) is 11.2 Å². The maximum Gasteiger partial charge on any atom is 0.182 e. The SMILES string of the molecule is COc1ccc(COc2cccnc2N(C(N)=S)c2ccc(Cl)cc2)cc1. The highest BCUT2D eigenvalue weighted by molar-refractivity contribution is 7.80. The first kappa shape index (κ1) is 18.9. The summed E-state index contributed by atoms with van der Waals surface area (Å²) in [6, 6.07) is 18.5. The summed E-state index contributed by atoms with van der Waals surface area (Å²) < 4.78 is 11.2. The maximum absolute atomic E-state index is 5.99. The van der Waals surface area contributed by atoms with E-state index in [2.05, 4.69) is 4.98 Å². The Balaban J connectivity index is 1.86. The quantitative estimate of drug-likeness (QED) is 0.606. The molecule has 0 fully saturated rings. The second-order valence-electron chi connectivity index (χ2n) is 5.61. The fraction of sp³-hybridized carbons (Fsp3) is 0.100. The molecule has 0 radical (unpaired) electrons. The van der Waals surface area contributed by atoms with E-state index in [1.165, 1.54) is 0 Å². The number of hydrogen-bond donors (Lipinski definition) is 1. The highest BCUT2D eigenvalue weighted by atomic mass is 35.5. The number of ether oxygens (including phenoxy) is 2. The van der Waals surface area contributed by atoms with Gasteiger partial charge in [0.15, 0.2) is 16.7 Å². The van der Waals surface area contributed by atoms with Gasteiger partial charge in [0.25, 0.3) is 0 Å². The van der Waals surface area contributed by atoms with Crippen molar-refractivity contribution in [3.8, 4) is 11.5 Å². The molecule has 7 heteroatoms. The summed E-state index contributed by atoms with van der Waals surface area (Å²) in [5.74, 6) is 1.88.